The van der Waals surface area contributed by atoms with Gasteiger partial charge in [-0.15, -0.1) is 0 Å². The van der Waals surface area contributed by atoms with Gasteiger partial charge >= 0.3 is 0 Å². The summed E-state index contributed by atoms with van der Waals surface area (Å²) >= 11 is 5.96. The molecular formula is C20H16ClN5O3. The van der Waals surface area contributed by atoms with Gasteiger partial charge in [-0.05, 0) is 30.3 Å². The number of fused-ring (bicyclic) bond motifs is 1. The van der Waals surface area contributed by atoms with Crippen molar-refractivity contribution < 1.29 is 9.59 Å². The quantitative estimate of drug-likeness (QED) is 0.528. The first-order valence-electron chi connectivity index (χ1n) is 8.82. The molecule has 0 spiro atoms. The molecule has 8 nitrogen and oxygen atoms in total. The zero-order valence-corrected chi connectivity index (χ0v) is 15.8. The molecule has 3 aromatic rings. The highest BCUT2D eigenvalue weighted by Crippen LogP contribution is 2.30. The molecule has 1 aliphatic heterocycles. The van der Waals surface area contributed by atoms with E-state index in [-0.39, 0.29) is 23.8 Å². The molecule has 1 aromatic heterocycles. The average molecular weight is 410 g/mol. The van der Waals surface area contributed by atoms with E-state index in [0.29, 0.717) is 16.4 Å². The van der Waals surface area contributed by atoms with Crippen molar-refractivity contribution >= 4 is 46.6 Å². The van der Waals surface area contributed by atoms with Crippen LogP contribution in [-0.4, -0.2) is 21.8 Å². The number of amides is 2. The highest BCUT2D eigenvalue weighted by atomic mass is 35.5. The molecule has 146 valence electrons. The number of benzene rings is 2. The van der Waals surface area contributed by atoms with Gasteiger partial charge in [0.25, 0.3) is 5.56 Å². The summed E-state index contributed by atoms with van der Waals surface area (Å²) < 4.78 is 0. The largest absolute Gasteiger partial charge is 0.326 e. The van der Waals surface area contributed by atoms with Crippen LogP contribution in [0.25, 0.3) is 0 Å². The monoisotopic (exact) mass is 409 g/mol. The second-order valence-corrected chi connectivity index (χ2v) is 6.91. The van der Waals surface area contributed by atoms with Crippen LogP contribution >= 0.6 is 11.6 Å². The normalized spacial score (nSPS) is 15.2. The first-order valence-corrected chi connectivity index (χ1v) is 9.20. The van der Waals surface area contributed by atoms with Crippen LogP contribution in [0.2, 0.25) is 5.02 Å². The van der Waals surface area contributed by atoms with Crippen molar-refractivity contribution in [2.75, 3.05) is 16.0 Å². The van der Waals surface area contributed by atoms with E-state index in [1.165, 1.54) is 0 Å². The van der Waals surface area contributed by atoms with Gasteiger partial charge in [-0.3, -0.25) is 19.4 Å². The molecule has 0 unspecified atom stereocenters. The van der Waals surface area contributed by atoms with Gasteiger partial charge in [0.15, 0.2) is 0 Å². The van der Waals surface area contributed by atoms with Gasteiger partial charge in [-0.2, -0.15) is 4.98 Å². The second-order valence-electron chi connectivity index (χ2n) is 6.47. The van der Waals surface area contributed by atoms with Gasteiger partial charge in [0.1, 0.15) is 5.82 Å². The molecule has 4 N–H and O–H groups in total. The van der Waals surface area contributed by atoms with Crippen molar-refractivity contribution in [1.29, 1.82) is 0 Å². The van der Waals surface area contributed by atoms with E-state index in [4.69, 9.17) is 11.6 Å². The summed E-state index contributed by atoms with van der Waals surface area (Å²) in [4.78, 5) is 44.5. The first kappa shape index (κ1) is 18.7. The lowest BCUT2D eigenvalue weighted by Gasteiger charge is -2.23. The SMILES string of the molecule is O=C1C[C@H](C(=O)Nc2ccccc2)c2c(nc(Nc3cccc(Cl)c3)[nH]c2=O)N1. The van der Waals surface area contributed by atoms with Gasteiger partial charge in [0.2, 0.25) is 17.8 Å². The standard InChI is InChI=1S/C20H16ClN5O3/c21-11-5-4-8-13(9-11)23-20-25-17-16(19(29)26-20)14(10-15(27)24-17)18(28)22-12-6-2-1-3-7-12/h1-9,14H,10H2,(H,22,28)(H3,23,24,25,26,27,29)/t14-/m0/s1. The van der Waals surface area contributed by atoms with Gasteiger partial charge in [-0.1, -0.05) is 35.9 Å². The number of halogens is 1. The van der Waals surface area contributed by atoms with E-state index in [2.05, 4.69) is 25.9 Å². The number of para-hydroxylation sites is 1. The number of anilines is 4. The fourth-order valence-electron chi connectivity index (χ4n) is 3.11. The van der Waals surface area contributed by atoms with E-state index < -0.39 is 23.3 Å². The molecule has 2 aromatic carbocycles. The highest BCUT2D eigenvalue weighted by Gasteiger charge is 2.34. The third-order valence-electron chi connectivity index (χ3n) is 4.40. The van der Waals surface area contributed by atoms with E-state index in [9.17, 15) is 14.4 Å². The highest BCUT2D eigenvalue weighted by molar-refractivity contribution is 6.30. The molecular weight excluding hydrogens is 394 g/mol. The lowest BCUT2D eigenvalue weighted by Crippen LogP contribution is -2.36. The Morgan fingerprint density at radius 1 is 1.07 bits per heavy atom. The maximum Gasteiger partial charge on any atom is 0.258 e. The number of aromatic amines is 1. The summed E-state index contributed by atoms with van der Waals surface area (Å²) in [5, 5.41) is 8.75. The minimum Gasteiger partial charge on any atom is -0.326 e. The molecule has 0 saturated carbocycles. The molecule has 4 rings (SSSR count). The summed E-state index contributed by atoms with van der Waals surface area (Å²) in [6.45, 7) is 0. The molecule has 0 fully saturated rings. The molecule has 0 radical (unpaired) electrons. The Hall–Kier alpha value is -3.65. The second kappa shape index (κ2) is 7.76. The van der Waals surface area contributed by atoms with Crippen molar-refractivity contribution in [3.05, 3.63) is 75.5 Å². The van der Waals surface area contributed by atoms with Gasteiger partial charge < -0.3 is 16.0 Å². The summed E-state index contributed by atoms with van der Waals surface area (Å²) in [5.74, 6) is -1.61. The van der Waals surface area contributed by atoms with Crippen LogP contribution in [0.5, 0.6) is 0 Å². The predicted molar refractivity (Wildman–Crippen MR) is 111 cm³/mol. The van der Waals surface area contributed by atoms with Gasteiger partial charge in [0.05, 0.1) is 11.5 Å². The number of hydrogen-bond acceptors (Lipinski definition) is 5. The topological polar surface area (TPSA) is 116 Å². The number of rotatable bonds is 4. The summed E-state index contributed by atoms with van der Waals surface area (Å²) in [6.07, 6.45) is -0.141. The number of carbonyl (C=O) groups excluding carboxylic acids is 2. The summed E-state index contributed by atoms with van der Waals surface area (Å²) in [7, 11) is 0. The summed E-state index contributed by atoms with van der Waals surface area (Å²) in [6, 6.07) is 15.7. The Labute approximate surface area is 170 Å². The molecule has 9 heteroatoms. The predicted octanol–water partition coefficient (Wildman–Crippen LogP) is 3.23. The first-order chi connectivity index (χ1) is 14.0. The third-order valence-corrected chi connectivity index (χ3v) is 4.63. The fourth-order valence-corrected chi connectivity index (χ4v) is 3.30. The summed E-state index contributed by atoms with van der Waals surface area (Å²) in [5.41, 5.74) is 0.803. The molecule has 2 amide bonds. The maximum absolute atomic E-state index is 12.7. The molecule has 1 aliphatic rings. The zero-order valence-electron chi connectivity index (χ0n) is 15.0. The van der Waals surface area contributed by atoms with Crippen molar-refractivity contribution in [2.45, 2.75) is 12.3 Å². The molecule has 29 heavy (non-hydrogen) atoms. The average Bonchev–Trinajstić information content (AvgIpc) is 2.67. The third kappa shape index (κ3) is 4.12. The van der Waals surface area contributed by atoms with Crippen LogP contribution in [0.1, 0.15) is 17.9 Å². The Balaban J connectivity index is 1.65. The Bertz CT molecular complexity index is 1150. The molecule has 1 atom stereocenters. The molecule has 0 aliphatic carbocycles. The van der Waals surface area contributed by atoms with Crippen LogP contribution in [0.15, 0.2) is 59.4 Å². The number of hydrogen-bond donors (Lipinski definition) is 4. The van der Waals surface area contributed by atoms with Crippen molar-refractivity contribution in [3.8, 4) is 0 Å². The van der Waals surface area contributed by atoms with Gasteiger partial charge in [0, 0.05) is 22.8 Å². The number of nitrogens with zero attached hydrogens (tertiary/aromatic N) is 1. The van der Waals surface area contributed by atoms with Crippen LogP contribution in [-0.2, 0) is 9.59 Å². The number of nitrogens with one attached hydrogen (secondary N) is 4. The minimum atomic E-state index is -0.949. The van der Waals surface area contributed by atoms with E-state index >= 15 is 0 Å². The Morgan fingerprint density at radius 3 is 2.59 bits per heavy atom. The minimum absolute atomic E-state index is 0.0581. The van der Waals surface area contributed by atoms with Gasteiger partial charge in [-0.25, -0.2) is 0 Å². The maximum atomic E-state index is 12.7. The molecule has 0 bridgehead atoms. The van der Waals surface area contributed by atoms with Crippen molar-refractivity contribution in [1.82, 2.24) is 9.97 Å². The lowest BCUT2D eigenvalue weighted by molar-refractivity contribution is -0.123. The van der Waals surface area contributed by atoms with Crippen LogP contribution in [0, 0.1) is 0 Å². The smallest absolute Gasteiger partial charge is 0.258 e. The number of aromatic nitrogens is 2. The van der Waals surface area contributed by atoms with E-state index in [0.717, 1.165) is 0 Å². The lowest BCUT2D eigenvalue weighted by atomic mass is 9.92. The van der Waals surface area contributed by atoms with Crippen molar-refractivity contribution in [3.63, 3.8) is 0 Å². The fraction of sp³-hybridized carbons (Fsp3) is 0.100. The van der Waals surface area contributed by atoms with Crippen LogP contribution in [0.3, 0.4) is 0 Å². The Kier molecular flexibility index (Phi) is 5.01. The molecule has 2 heterocycles. The zero-order chi connectivity index (χ0) is 20.4. The van der Waals surface area contributed by atoms with Crippen molar-refractivity contribution in [2.24, 2.45) is 0 Å². The van der Waals surface area contributed by atoms with E-state index in [1.54, 1.807) is 48.5 Å². The Morgan fingerprint density at radius 2 is 1.83 bits per heavy atom. The van der Waals surface area contributed by atoms with E-state index in [1.807, 2.05) is 6.07 Å². The van der Waals surface area contributed by atoms with Crippen LogP contribution < -0.4 is 21.5 Å². The molecule has 0 saturated heterocycles. The number of H-pyrrole nitrogens is 1. The van der Waals surface area contributed by atoms with Crippen LogP contribution in [0.4, 0.5) is 23.1 Å². The number of carbonyl (C=O) groups is 2.